The van der Waals surface area contributed by atoms with Crippen molar-refractivity contribution in [2.75, 3.05) is 0 Å². The minimum Gasteiger partial charge on any atom is -0.207 e. The van der Waals surface area contributed by atoms with Crippen molar-refractivity contribution in [3.8, 4) is 0 Å². The molecule has 2 rings (SSSR count). The number of rotatable bonds is 0. The van der Waals surface area contributed by atoms with Gasteiger partial charge in [-0.15, -0.1) is 0 Å². The van der Waals surface area contributed by atoms with Gasteiger partial charge in [0.1, 0.15) is 5.82 Å². The summed E-state index contributed by atoms with van der Waals surface area (Å²) in [6.07, 6.45) is 0.948. The summed E-state index contributed by atoms with van der Waals surface area (Å²) in [7, 11) is 0. The molecule has 0 nitrogen and oxygen atoms in total. The lowest BCUT2D eigenvalue weighted by Crippen LogP contribution is -1.95. The van der Waals surface area contributed by atoms with E-state index < -0.39 is 0 Å². The minimum atomic E-state index is -0.0931. The molecule has 0 aliphatic heterocycles. The molecule has 3 heteroatoms. The Balaban J connectivity index is 2.61. The lowest BCUT2D eigenvalue weighted by atomic mass is 10.1. The lowest BCUT2D eigenvalue weighted by Gasteiger charge is -2.08. The molecule has 1 aliphatic carbocycles. The van der Waals surface area contributed by atoms with Crippen LogP contribution in [-0.4, -0.2) is 0 Å². The Kier molecular flexibility index (Phi) is 2.49. The van der Waals surface area contributed by atoms with E-state index in [4.69, 9.17) is 0 Å². The molecule has 0 amide bonds. The third-order valence-corrected chi connectivity index (χ3v) is 4.65. The van der Waals surface area contributed by atoms with Gasteiger partial charge in [0.15, 0.2) is 0 Å². The van der Waals surface area contributed by atoms with Gasteiger partial charge < -0.3 is 0 Å². The maximum absolute atomic E-state index is 13.4. The maximum Gasteiger partial charge on any atom is 0.127 e. The zero-order valence-electron chi connectivity index (χ0n) is 7.15. The molecule has 1 aliphatic rings. The molecule has 0 fully saturated rings. The molecular weight excluding hydrogens is 299 g/mol. The molecule has 70 valence electrons. The smallest absolute Gasteiger partial charge is 0.127 e. The molecule has 2 atom stereocenters. The van der Waals surface area contributed by atoms with Crippen molar-refractivity contribution in [1.82, 2.24) is 0 Å². The van der Waals surface area contributed by atoms with Crippen molar-refractivity contribution in [3.63, 3.8) is 0 Å². The zero-order chi connectivity index (χ0) is 9.59. The van der Waals surface area contributed by atoms with Gasteiger partial charge in [-0.2, -0.15) is 0 Å². The average molecular weight is 308 g/mol. The number of halogens is 3. The van der Waals surface area contributed by atoms with E-state index in [-0.39, 0.29) is 10.6 Å². The molecule has 0 radical (unpaired) electrons. The highest BCUT2D eigenvalue weighted by Crippen LogP contribution is 2.45. The highest BCUT2D eigenvalue weighted by molar-refractivity contribution is 9.10. The van der Waals surface area contributed by atoms with E-state index in [1.54, 1.807) is 6.07 Å². The maximum atomic E-state index is 13.4. The van der Waals surface area contributed by atoms with Crippen LogP contribution in [0, 0.1) is 11.7 Å². The molecule has 0 saturated heterocycles. The summed E-state index contributed by atoms with van der Waals surface area (Å²) in [6.45, 7) is 2.13. The number of hydrogen-bond donors (Lipinski definition) is 0. The molecular formula is C10H9Br2F. The van der Waals surface area contributed by atoms with Crippen LogP contribution < -0.4 is 0 Å². The highest BCUT2D eigenvalue weighted by atomic mass is 79.9. The fourth-order valence-electron chi connectivity index (χ4n) is 1.83. The molecule has 1 aromatic carbocycles. The van der Waals surface area contributed by atoms with Crippen LogP contribution >= 0.6 is 31.9 Å². The molecule has 1 aromatic rings. The van der Waals surface area contributed by atoms with Gasteiger partial charge in [0.2, 0.25) is 0 Å². The van der Waals surface area contributed by atoms with Crippen molar-refractivity contribution in [2.24, 2.45) is 5.92 Å². The predicted molar refractivity (Wildman–Crippen MR) is 58.6 cm³/mol. The van der Waals surface area contributed by atoms with Crippen LogP contribution in [0.1, 0.15) is 22.9 Å². The molecule has 0 N–H and O–H groups in total. The number of alkyl halides is 1. The fourth-order valence-corrected chi connectivity index (χ4v) is 3.01. The standard InChI is InChI=1S/C10H9Br2F/c1-5-4-6-7(11)2-3-8(13)9(6)10(5)12/h2-3,5,10H,4H2,1H3. The van der Waals surface area contributed by atoms with Crippen molar-refractivity contribution < 1.29 is 4.39 Å². The van der Waals surface area contributed by atoms with Crippen LogP contribution in [-0.2, 0) is 6.42 Å². The first kappa shape index (κ1) is 9.66. The fraction of sp³-hybridized carbons (Fsp3) is 0.400. The third kappa shape index (κ3) is 1.46. The van der Waals surface area contributed by atoms with Gasteiger partial charge in [-0.3, -0.25) is 0 Å². The highest BCUT2D eigenvalue weighted by Gasteiger charge is 2.31. The molecule has 0 spiro atoms. The van der Waals surface area contributed by atoms with Crippen molar-refractivity contribution in [3.05, 3.63) is 33.5 Å². The Hall–Kier alpha value is 0.110. The van der Waals surface area contributed by atoms with E-state index in [9.17, 15) is 4.39 Å². The average Bonchev–Trinajstić information content (AvgIpc) is 2.38. The predicted octanol–water partition coefficient (Wildman–Crippen LogP) is 4.22. The molecule has 13 heavy (non-hydrogen) atoms. The van der Waals surface area contributed by atoms with Gasteiger partial charge in [0.25, 0.3) is 0 Å². The Morgan fingerprint density at radius 2 is 2.15 bits per heavy atom. The molecule has 2 unspecified atom stereocenters. The molecule has 0 heterocycles. The quantitative estimate of drug-likeness (QED) is 0.630. The van der Waals surface area contributed by atoms with Crippen LogP contribution in [0.4, 0.5) is 4.39 Å². The summed E-state index contributed by atoms with van der Waals surface area (Å²) in [5, 5.41) is 0. The Labute approximate surface area is 93.8 Å². The summed E-state index contributed by atoms with van der Waals surface area (Å²) in [4.78, 5) is 0.167. The van der Waals surface area contributed by atoms with E-state index in [1.165, 1.54) is 6.07 Å². The van der Waals surface area contributed by atoms with Crippen LogP contribution in [0.25, 0.3) is 0 Å². The van der Waals surface area contributed by atoms with Gasteiger partial charge >= 0.3 is 0 Å². The first-order chi connectivity index (χ1) is 6.11. The van der Waals surface area contributed by atoms with Crippen LogP contribution in [0.5, 0.6) is 0 Å². The lowest BCUT2D eigenvalue weighted by molar-refractivity contribution is 0.584. The largest absolute Gasteiger partial charge is 0.207 e. The first-order valence-corrected chi connectivity index (χ1v) is 5.93. The van der Waals surface area contributed by atoms with Gasteiger partial charge in [-0.25, -0.2) is 4.39 Å². The van der Waals surface area contributed by atoms with Crippen LogP contribution in [0.15, 0.2) is 16.6 Å². The molecule has 0 saturated carbocycles. The first-order valence-electron chi connectivity index (χ1n) is 4.22. The summed E-state index contributed by atoms with van der Waals surface area (Å²) in [5.41, 5.74) is 1.95. The topological polar surface area (TPSA) is 0 Å². The zero-order valence-corrected chi connectivity index (χ0v) is 10.3. The van der Waals surface area contributed by atoms with E-state index in [0.29, 0.717) is 5.92 Å². The van der Waals surface area contributed by atoms with E-state index in [2.05, 4.69) is 38.8 Å². The third-order valence-electron chi connectivity index (χ3n) is 2.55. The normalized spacial score (nSPS) is 26.2. The van der Waals surface area contributed by atoms with Crippen molar-refractivity contribution in [1.29, 1.82) is 0 Å². The Bertz CT molecular complexity index is 349. The van der Waals surface area contributed by atoms with Gasteiger partial charge in [0.05, 0.1) is 0 Å². The second-order valence-corrected chi connectivity index (χ2v) is 5.35. The summed E-state index contributed by atoms with van der Waals surface area (Å²) in [6, 6.07) is 3.31. The van der Waals surface area contributed by atoms with Gasteiger partial charge in [0, 0.05) is 14.9 Å². The monoisotopic (exact) mass is 306 g/mol. The number of benzene rings is 1. The molecule has 0 bridgehead atoms. The Morgan fingerprint density at radius 3 is 2.77 bits per heavy atom. The Morgan fingerprint density at radius 1 is 1.46 bits per heavy atom. The SMILES string of the molecule is CC1Cc2c(Br)ccc(F)c2C1Br. The van der Waals surface area contributed by atoms with Crippen LogP contribution in [0.3, 0.4) is 0 Å². The molecule has 0 aromatic heterocycles. The van der Waals surface area contributed by atoms with Gasteiger partial charge in [-0.05, 0) is 30.0 Å². The number of hydrogen-bond acceptors (Lipinski definition) is 0. The minimum absolute atomic E-state index is 0.0931. The second kappa shape index (κ2) is 3.35. The van der Waals surface area contributed by atoms with Crippen molar-refractivity contribution in [2.45, 2.75) is 18.2 Å². The van der Waals surface area contributed by atoms with E-state index in [1.807, 2.05) is 0 Å². The van der Waals surface area contributed by atoms with Crippen molar-refractivity contribution >= 4 is 31.9 Å². The van der Waals surface area contributed by atoms with E-state index in [0.717, 1.165) is 22.0 Å². The van der Waals surface area contributed by atoms with E-state index >= 15 is 0 Å². The summed E-state index contributed by atoms with van der Waals surface area (Å²) in [5.74, 6) is 0.382. The number of fused-ring (bicyclic) bond motifs is 1. The summed E-state index contributed by atoms with van der Waals surface area (Å²) >= 11 is 6.98. The van der Waals surface area contributed by atoms with Crippen LogP contribution in [0.2, 0.25) is 0 Å². The summed E-state index contributed by atoms with van der Waals surface area (Å²) < 4.78 is 14.5. The van der Waals surface area contributed by atoms with Gasteiger partial charge in [-0.1, -0.05) is 38.8 Å². The second-order valence-electron chi connectivity index (χ2n) is 3.50.